The Kier molecular flexibility index (Phi) is 4.10. The molecule has 6 heteroatoms. The molecule has 0 radical (unpaired) electrons. The van der Waals surface area contributed by atoms with Gasteiger partial charge in [0.25, 0.3) is 6.26 Å². The molecule has 0 N–H and O–H groups in total. The third-order valence-corrected chi connectivity index (χ3v) is 6.01. The van der Waals surface area contributed by atoms with E-state index in [-0.39, 0.29) is 6.04 Å². The van der Waals surface area contributed by atoms with Gasteiger partial charge < -0.3 is 14.2 Å². The average Bonchev–Trinajstić information content (AvgIpc) is 3.38. The summed E-state index contributed by atoms with van der Waals surface area (Å²) >= 11 is 5.57. The molecule has 5 rings (SSSR count). The molecule has 0 spiro atoms. The van der Waals surface area contributed by atoms with E-state index in [4.69, 9.17) is 22.2 Å². The highest BCUT2D eigenvalue weighted by Gasteiger charge is 2.31. The molecule has 138 valence electrons. The van der Waals surface area contributed by atoms with Crippen LogP contribution >= 0.6 is 12.2 Å². The van der Waals surface area contributed by atoms with Crippen LogP contribution in [0, 0.1) is 11.5 Å². The first kappa shape index (κ1) is 17.0. The van der Waals surface area contributed by atoms with E-state index in [0.717, 1.165) is 36.4 Å². The topological polar surface area (TPSA) is 54.1 Å². The van der Waals surface area contributed by atoms with Crippen LogP contribution in [0.25, 0.3) is 0 Å². The lowest BCUT2D eigenvalue weighted by atomic mass is 9.91. The molecular formula is C22H18N4OS. The Morgan fingerprint density at radius 1 is 1.14 bits per heavy atom. The lowest BCUT2D eigenvalue weighted by Crippen LogP contribution is -2.31. The van der Waals surface area contributed by atoms with Gasteiger partial charge in [-0.05, 0) is 35.6 Å². The van der Waals surface area contributed by atoms with Gasteiger partial charge >= 0.3 is 0 Å². The number of nitriles is 1. The smallest absolute Gasteiger partial charge is 0.292 e. The van der Waals surface area contributed by atoms with Crippen molar-refractivity contribution in [2.75, 3.05) is 11.4 Å². The summed E-state index contributed by atoms with van der Waals surface area (Å²) < 4.78 is 7.34. The van der Waals surface area contributed by atoms with Gasteiger partial charge in [-0.3, -0.25) is 0 Å². The highest BCUT2D eigenvalue weighted by atomic mass is 32.1. The molecule has 28 heavy (non-hydrogen) atoms. The van der Waals surface area contributed by atoms with Crippen molar-refractivity contribution in [1.82, 2.24) is 9.55 Å². The molecule has 1 aromatic heterocycles. The Labute approximate surface area is 168 Å². The van der Waals surface area contributed by atoms with Gasteiger partial charge in [-0.2, -0.15) is 0 Å². The molecule has 0 aliphatic carbocycles. The fourth-order valence-corrected chi connectivity index (χ4v) is 4.71. The molecule has 5 nitrogen and oxygen atoms in total. The van der Waals surface area contributed by atoms with Gasteiger partial charge in [0.15, 0.2) is 0 Å². The van der Waals surface area contributed by atoms with Gasteiger partial charge in [-0.1, -0.05) is 42.5 Å². The average molecular weight is 386 g/mol. The van der Waals surface area contributed by atoms with Gasteiger partial charge in [0.05, 0.1) is 17.4 Å². The molecule has 1 atom stereocenters. The molecule has 2 aliphatic rings. The monoisotopic (exact) mass is 386 g/mol. The number of para-hydroxylation sites is 1. The molecule has 0 fully saturated rings. The molecular weight excluding hydrogens is 368 g/mol. The number of rotatable bonds is 4. The summed E-state index contributed by atoms with van der Waals surface area (Å²) in [6.07, 6.45) is 10.3. The summed E-state index contributed by atoms with van der Waals surface area (Å²) in [6.45, 7) is 0.967. The van der Waals surface area contributed by atoms with Crippen LogP contribution in [-0.2, 0) is 12.8 Å². The van der Waals surface area contributed by atoms with Gasteiger partial charge in [-0.15, -0.1) is 5.26 Å². The van der Waals surface area contributed by atoms with Crippen molar-refractivity contribution >= 4 is 22.9 Å². The number of aromatic nitrogens is 2. The molecule has 1 unspecified atom stereocenters. The van der Waals surface area contributed by atoms with Crippen molar-refractivity contribution < 1.29 is 4.74 Å². The highest BCUT2D eigenvalue weighted by Crippen LogP contribution is 2.41. The second kappa shape index (κ2) is 6.77. The molecule has 2 aromatic carbocycles. The van der Waals surface area contributed by atoms with E-state index in [9.17, 15) is 0 Å². The Balaban J connectivity index is 1.69. The van der Waals surface area contributed by atoms with Crippen LogP contribution in [0.4, 0.5) is 5.69 Å². The van der Waals surface area contributed by atoms with Crippen molar-refractivity contribution in [3.8, 4) is 12.0 Å². The summed E-state index contributed by atoms with van der Waals surface area (Å²) in [6, 6.07) is 12.1. The summed E-state index contributed by atoms with van der Waals surface area (Å²) in [5.74, 6) is 0.570. The number of hydrogen-bond acceptors (Lipinski definition) is 4. The predicted molar refractivity (Wildman–Crippen MR) is 111 cm³/mol. The normalized spacial score (nSPS) is 15.8. The maximum Gasteiger partial charge on any atom is 0.292 e. The lowest BCUT2D eigenvalue weighted by molar-refractivity contribution is 0.490. The van der Waals surface area contributed by atoms with Crippen LogP contribution in [0.3, 0.4) is 0 Å². The second-order valence-corrected chi connectivity index (χ2v) is 7.60. The summed E-state index contributed by atoms with van der Waals surface area (Å²) in [5, 5.41) is 9.09. The van der Waals surface area contributed by atoms with E-state index >= 15 is 0 Å². The van der Waals surface area contributed by atoms with Crippen LogP contribution in [-0.4, -0.2) is 21.1 Å². The van der Waals surface area contributed by atoms with E-state index in [1.807, 2.05) is 43.0 Å². The first-order valence-electron chi connectivity index (χ1n) is 9.34. The summed E-state index contributed by atoms with van der Waals surface area (Å²) in [4.78, 5) is 7.60. The number of benzene rings is 2. The van der Waals surface area contributed by atoms with Gasteiger partial charge in [0.2, 0.25) is 0 Å². The van der Waals surface area contributed by atoms with E-state index in [1.165, 1.54) is 22.4 Å². The van der Waals surface area contributed by atoms with Crippen LogP contribution in [0.5, 0.6) is 5.75 Å². The third-order valence-electron chi connectivity index (χ3n) is 5.58. The number of nitrogens with zero attached hydrogens (tertiary/aromatic N) is 4. The molecule has 0 bridgehead atoms. The zero-order valence-corrected chi connectivity index (χ0v) is 16.0. The lowest BCUT2D eigenvalue weighted by Gasteiger charge is -2.29. The van der Waals surface area contributed by atoms with Crippen LogP contribution in [0.2, 0.25) is 0 Å². The van der Waals surface area contributed by atoms with E-state index in [1.54, 1.807) is 6.20 Å². The Morgan fingerprint density at radius 2 is 1.96 bits per heavy atom. The van der Waals surface area contributed by atoms with Gasteiger partial charge in [0.1, 0.15) is 5.75 Å². The number of aryl methyl sites for hydroxylation is 1. The van der Waals surface area contributed by atoms with Crippen molar-refractivity contribution in [2.24, 2.45) is 0 Å². The standard InChI is InChI=1S/C22H18N4OS/c23-13-27-19-4-2-1-3-18(19)22(25-10-8-24-14-25)17-11-15-5-6-20(28)26-9-7-16(12-17)21(15)26/h1-4,8,10-12,14,22H,5-7,9H2. The number of imidazole rings is 1. The van der Waals surface area contributed by atoms with E-state index in [0.29, 0.717) is 5.75 Å². The Hall–Kier alpha value is -3.17. The zero-order valence-electron chi connectivity index (χ0n) is 15.2. The Morgan fingerprint density at radius 3 is 2.75 bits per heavy atom. The minimum absolute atomic E-state index is 0.114. The molecule has 3 aromatic rings. The largest absolute Gasteiger partial charge is 0.388 e. The van der Waals surface area contributed by atoms with Gasteiger partial charge in [-0.25, -0.2) is 4.98 Å². The molecule has 2 aliphatic heterocycles. The van der Waals surface area contributed by atoms with Crippen molar-refractivity contribution in [3.63, 3.8) is 0 Å². The SMILES string of the molecule is N#COc1ccccc1C(c1cc2c3c(c1)CCN3C(=S)CC2)n1ccnc1. The Bertz CT molecular complexity index is 1100. The van der Waals surface area contributed by atoms with Crippen molar-refractivity contribution in [2.45, 2.75) is 25.3 Å². The molecule has 0 saturated heterocycles. The summed E-state index contributed by atoms with van der Waals surface area (Å²) in [7, 11) is 0. The second-order valence-electron chi connectivity index (χ2n) is 7.13. The number of hydrogen-bond donors (Lipinski definition) is 0. The van der Waals surface area contributed by atoms with Crippen LogP contribution in [0.15, 0.2) is 55.1 Å². The van der Waals surface area contributed by atoms with E-state index in [2.05, 4.69) is 26.6 Å². The minimum atomic E-state index is -0.114. The molecule has 3 heterocycles. The highest BCUT2D eigenvalue weighted by molar-refractivity contribution is 7.80. The fraction of sp³-hybridized carbons (Fsp3) is 0.227. The minimum Gasteiger partial charge on any atom is -0.388 e. The first-order chi connectivity index (χ1) is 13.8. The maximum absolute atomic E-state index is 9.09. The van der Waals surface area contributed by atoms with E-state index < -0.39 is 0 Å². The van der Waals surface area contributed by atoms with Crippen LogP contribution in [0.1, 0.15) is 34.7 Å². The summed E-state index contributed by atoms with van der Waals surface area (Å²) in [5.41, 5.74) is 6.12. The van der Waals surface area contributed by atoms with Crippen molar-refractivity contribution in [3.05, 3.63) is 77.4 Å². The number of anilines is 1. The molecule has 0 saturated carbocycles. The van der Waals surface area contributed by atoms with Gasteiger partial charge in [0, 0.05) is 36.6 Å². The number of thiocarbonyl (C=S) groups is 1. The fourth-order valence-electron chi connectivity index (χ4n) is 4.43. The predicted octanol–water partition coefficient (Wildman–Crippen LogP) is 4.02. The van der Waals surface area contributed by atoms with Crippen molar-refractivity contribution in [1.29, 1.82) is 5.26 Å². The van der Waals surface area contributed by atoms with Crippen LogP contribution < -0.4 is 9.64 Å². The third kappa shape index (κ3) is 2.67. The zero-order chi connectivity index (χ0) is 19.1. The quantitative estimate of drug-likeness (QED) is 0.501. The first-order valence-corrected chi connectivity index (χ1v) is 9.75. The number of ether oxygens (including phenoxy) is 1. The molecule has 0 amide bonds. The maximum atomic E-state index is 9.09.